The molecule has 2 aromatic heterocycles. The van der Waals surface area contributed by atoms with E-state index >= 15 is 0 Å². The number of nitrogens with one attached hydrogen (secondary N) is 2. The zero-order chi connectivity index (χ0) is 34.7. The number of carbonyl (C=O) groups is 2. The van der Waals surface area contributed by atoms with Crippen LogP contribution in [0.1, 0.15) is 104 Å². The second-order valence-electron chi connectivity index (χ2n) is 15.8. The van der Waals surface area contributed by atoms with Crippen molar-refractivity contribution < 1.29 is 19.1 Å². The Morgan fingerprint density at radius 1 is 0.694 bits per heavy atom. The van der Waals surface area contributed by atoms with Crippen LogP contribution in [0.3, 0.4) is 0 Å². The van der Waals surface area contributed by atoms with Gasteiger partial charge < -0.3 is 19.4 Å². The molecular weight excluding hydrogens is 616 g/mol. The average Bonchev–Trinajstić information content (AvgIpc) is 3.56. The van der Waals surface area contributed by atoms with E-state index in [1.165, 1.54) is 0 Å². The van der Waals surface area contributed by atoms with E-state index in [-0.39, 0.29) is 36.4 Å². The Morgan fingerprint density at radius 3 is 1.65 bits per heavy atom. The lowest BCUT2D eigenvalue weighted by Crippen LogP contribution is -2.41. The molecule has 2 amide bonds. The van der Waals surface area contributed by atoms with Gasteiger partial charge in [-0.05, 0) is 102 Å². The molecule has 2 aromatic carbocycles. The van der Waals surface area contributed by atoms with Crippen LogP contribution in [-0.2, 0) is 9.47 Å². The smallest absolute Gasteiger partial charge is 0.411 e. The van der Waals surface area contributed by atoms with E-state index in [1.54, 1.807) is 0 Å². The molecule has 0 bridgehead atoms. The number of aromatic nitrogens is 4. The van der Waals surface area contributed by atoms with Gasteiger partial charge in [-0.25, -0.2) is 19.6 Å². The number of H-pyrrole nitrogens is 2. The molecule has 10 heteroatoms. The first-order valence-electron chi connectivity index (χ1n) is 17.6. The molecule has 4 aromatic rings. The highest BCUT2D eigenvalue weighted by Crippen LogP contribution is 2.53. The predicted octanol–water partition coefficient (Wildman–Crippen LogP) is 9.05. The molecule has 5 atom stereocenters. The summed E-state index contributed by atoms with van der Waals surface area (Å²) in [5.74, 6) is 2.13. The SMILES string of the molecule is CC[C@@H]1CC[C@@H](c2ncc(-c3ccc(-c4ccc(-c5cnc([C@@H]6C[C@H]7C[C@H]7N6C(=O)OC(C)(C)C)[nH]5)cc4)cc3)[nH]2)N1C(=O)OC(C)(C)C. The molecule has 0 spiro atoms. The molecule has 2 aliphatic heterocycles. The number of likely N-dealkylation sites (tertiary alicyclic amines) is 2. The van der Waals surface area contributed by atoms with Crippen LogP contribution < -0.4 is 0 Å². The standard InChI is InChI=1S/C39H48N6O4/c1-8-28-17-18-31(44(28)36(46)48-38(2,3)4)34-40-21-29(42-34)25-13-9-23(10-14-25)24-11-15-26(16-12-24)30-22-41-35(43-30)33-20-27-19-32(27)45(33)37(47)49-39(5,6)7/h9-16,21-22,27-28,31-33H,8,17-20H2,1-7H3,(H,40,42)(H,41,43)/t27-,28-,31+,32-,33+/m1/s1. The van der Waals surface area contributed by atoms with E-state index in [1.807, 2.05) is 63.7 Å². The molecule has 7 rings (SSSR count). The van der Waals surface area contributed by atoms with Gasteiger partial charge in [-0.15, -0.1) is 0 Å². The Balaban J connectivity index is 1.02. The molecule has 10 nitrogen and oxygen atoms in total. The average molecular weight is 665 g/mol. The number of ether oxygens (including phenoxy) is 2. The number of carbonyl (C=O) groups excluding carboxylic acids is 2. The first-order chi connectivity index (χ1) is 23.3. The number of piperidine rings is 1. The van der Waals surface area contributed by atoms with Crippen LogP contribution in [-0.4, -0.2) is 65.2 Å². The fraction of sp³-hybridized carbons (Fsp3) is 0.487. The minimum atomic E-state index is -0.552. The van der Waals surface area contributed by atoms with Crippen molar-refractivity contribution >= 4 is 12.2 Å². The molecule has 0 unspecified atom stereocenters. The number of rotatable bonds is 6. The Kier molecular flexibility index (Phi) is 8.32. The van der Waals surface area contributed by atoms with E-state index in [0.717, 1.165) is 77.4 Å². The van der Waals surface area contributed by atoms with Gasteiger partial charge in [0.2, 0.25) is 0 Å². The number of nitrogens with zero attached hydrogens (tertiary/aromatic N) is 4. The molecule has 4 heterocycles. The van der Waals surface area contributed by atoms with E-state index in [4.69, 9.17) is 19.4 Å². The molecule has 3 aliphatic rings. The highest BCUT2D eigenvalue weighted by atomic mass is 16.6. The highest BCUT2D eigenvalue weighted by Gasteiger charge is 2.56. The second-order valence-corrected chi connectivity index (χ2v) is 15.8. The fourth-order valence-electron chi connectivity index (χ4n) is 7.41. The molecule has 3 fully saturated rings. The van der Waals surface area contributed by atoms with Crippen molar-refractivity contribution in [1.29, 1.82) is 0 Å². The van der Waals surface area contributed by atoms with E-state index < -0.39 is 11.2 Å². The third-order valence-corrected chi connectivity index (χ3v) is 9.83. The molecule has 49 heavy (non-hydrogen) atoms. The van der Waals surface area contributed by atoms with Crippen LogP contribution in [0.15, 0.2) is 60.9 Å². The number of fused-ring (bicyclic) bond motifs is 1. The normalized spacial score (nSPS) is 23.4. The van der Waals surface area contributed by atoms with Gasteiger partial charge in [0.25, 0.3) is 0 Å². The number of amides is 2. The first kappa shape index (κ1) is 32.9. The van der Waals surface area contributed by atoms with Gasteiger partial charge in [0.1, 0.15) is 22.9 Å². The van der Waals surface area contributed by atoms with Gasteiger partial charge in [0.05, 0.1) is 35.9 Å². The summed E-state index contributed by atoms with van der Waals surface area (Å²) in [5, 5.41) is 0. The van der Waals surface area contributed by atoms with Gasteiger partial charge >= 0.3 is 12.2 Å². The van der Waals surface area contributed by atoms with Crippen LogP contribution in [0, 0.1) is 5.92 Å². The number of hydrogen-bond acceptors (Lipinski definition) is 6. The second kappa shape index (κ2) is 12.4. The molecular formula is C39H48N6O4. The van der Waals surface area contributed by atoms with Crippen LogP contribution in [0.5, 0.6) is 0 Å². The quantitative estimate of drug-likeness (QED) is 0.212. The number of hydrogen-bond donors (Lipinski definition) is 2. The lowest BCUT2D eigenvalue weighted by molar-refractivity contribution is 0.0131. The molecule has 2 N–H and O–H groups in total. The summed E-state index contributed by atoms with van der Waals surface area (Å²) in [5.41, 5.74) is 5.04. The topological polar surface area (TPSA) is 116 Å². The van der Waals surface area contributed by atoms with Crippen molar-refractivity contribution in [3.05, 3.63) is 72.6 Å². The van der Waals surface area contributed by atoms with Crippen LogP contribution in [0.2, 0.25) is 0 Å². The Morgan fingerprint density at radius 2 is 1.16 bits per heavy atom. The molecule has 2 saturated heterocycles. The molecule has 1 aliphatic carbocycles. The van der Waals surface area contributed by atoms with E-state index in [9.17, 15) is 9.59 Å². The largest absolute Gasteiger partial charge is 0.444 e. The van der Waals surface area contributed by atoms with Gasteiger partial charge in [-0.3, -0.25) is 9.80 Å². The Hall–Kier alpha value is -4.60. The van der Waals surface area contributed by atoms with Gasteiger partial charge in [0.15, 0.2) is 0 Å². The Bertz CT molecular complexity index is 1810. The minimum Gasteiger partial charge on any atom is -0.444 e. The molecule has 258 valence electrons. The first-order valence-corrected chi connectivity index (χ1v) is 17.6. The number of imidazole rings is 2. The summed E-state index contributed by atoms with van der Waals surface area (Å²) in [6.45, 7) is 13.5. The number of benzene rings is 2. The lowest BCUT2D eigenvalue weighted by atomic mass is 10.0. The highest BCUT2D eigenvalue weighted by molar-refractivity contribution is 5.73. The van der Waals surface area contributed by atoms with E-state index in [0.29, 0.717) is 5.92 Å². The van der Waals surface area contributed by atoms with Crippen molar-refractivity contribution in [2.24, 2.45) is 5.92 Å². The molecule has 0 radical (unpaired) electrons. The van der Waals surface area contributed by atoms with Crippen molar-refractivity contribution in [2.75, 3.05) is 0 Å². The maximum atomic E-state index is 13.1. The maximum Gasteiger partial charge on any atom is 0.411 e. The summed E-state index contributed by atoms with van der Waals surface area (Å²) in [7, 11) is 0. The van der Waals surface area contributed by atoms with Crippen molar-refractivity contribution in [2.45, 2.75) is 116 Å². The summed E-state index contributed by atoms with van der Waals surface area (Å²) < 4.78 is 11.5. The zero-order valence-electron chi connectivity index (χ0n) is 29.6. The monoisotopic (exact) mass is 664 g/mol. The van der Waals surface area contributed by atoms with Gasteiger partial charge in [-0.1, -0.05) is 55.5 Å². The van der Waals surface area contributed by atoms with Crippen LogP contribution in [0.4, 0.5) is 9.59 Å². The van der Waals surface area contributed by atoms with Gasteiger partial charge in [-0.2, -0.15) is 0 Å². The molecule has 1 saturated carbocycles. The van der Waals surface area contributed by atoms with Crippen molar-refractivity contribution in [3.63, 3.8) is 0 Å². The number of aromatic amines is 2. The summed E-state index contributed by atoms with van der Waals surface area (Å²) in [6, 6.07) is 17.0. The Labute approximate surface area is 288 Å². The van der Waals surface area contributed by atoms with Gasteiger partial charge in [0, 0.05) is 12.1 Å². The maximum absolute atomic E-state index is 13.1. The third kappa shape index (κ3) is 6.82. The summed E-state index contributed by atoms with van der Waals surface area (Å²) >= 11 is 0. The van der Waals surface area contributed by atoms with E-state index in [2.05, 4.69) is 65.4 Å². The zero-order valence-corrected chi connectivity index (χ0v) is 29.6. The summed E-state index contributed by atoms with van der Waals surface area (Å²) in [4.78, 5) is 46.3. The van der Waals surface area contributed by atoms with Crippen molar-refractivity contribution in [1.82, 2.24) is 29.7 Å². The predicted molar refractivity (Wildman–Crippen MR) is 188 cm³/mol. The van der Waals surface area contributed by atoms with Crippen molar-refractivity contribution in [3.8, 4) is 33.6 Å². The lowest BCUT2D eigenvalue weighted by Gasteiger charge is -2.31. The van der Waals surface area contributed by atoms with Crippen LogP contribution in [0.25, 0.3) is 33.6 Å². The minimum absolute atomic E-state index is 0.0913. The van der Waals surface area contributed by atoms with Crippen LogP contribution >= 0.6 is 0 Å². The fourth-order valence-corrected chi connectivity index (χ4v) is 7.41. The third-order valence-electron chi connectivity index (χ3n) is 9.83. The summed E-state index contributed by atoms with van der Waals surface area (Å²) in [6.07, 6.45) is 7.79.